The Morgan fingerprint density at radius 3 is 2.88 bits per heavy atom. The maximum Gasteiger partial charge on any atom is 0.150 e. The molecule has 1 aliphatic carbocycles. The van der Waals surface area contributed by atoms with E-state index in [-0.39, 0.29) is 0 Å². The summed E-state index contributed by atoms with van der Waals surface area (Å²) < 4.78 is 1.73. The number of aryl methyl sites for hydroxylation is 2. The Hall–Kier alpha value is -1.83. The predicted molar refractivity (Wildman–Crippen MR) is 95.3 cm³/mol. The normalized spacial score (nSPS) is 15.5. The molecule has 1 saturated carbocycles. The highest BCUT2D eigenvalue weighted by Gasteiger charge is 2.23. The molecule has 1 fully saturated rings. The van der Waals surface area contributed by atoms with E-state index in [0.717, 1.165) is 42.3 Å². The van der Waals surface area contributed by atoms with Crippen LogP contribution >= 0.6 is 12.2 Å². The molecule has 1 aliphatic rings. The van der Waals surface area contributed by atoms with Crippen LogP contribution in [-0.4, -0.2) is 46.3 Å². The summed E-state index contributed by atoms with van der Waals surface area (Å²) in [5, 5.41) is 18.7. The van der Waals surface area contributed by atoms with Gasteiger partial charge in [-0.25, -0.2) is 4.68 Å². The van der Waals surface area contributed by atoms with Gasteiger partial charge >= 0.3 is 0 Å². The standard InChI is InChI=1S/C16H25N7S/c1-22-15(19-20-21-22)8-5-9-16(24)23(12-13-10-11-17-18-13)14-6-3-2-4-7-14/h10-11,14H,2-9,12H2,1H3,(H,17,18). The van der Waals surface area contributed by atoms with Crippen molar-refractivity contribution in [3.05, 3.63) is 23.8 Å². The first-order valence-electron chi connectivity index (χ1n) is 8.73. The predicted octanol–water partition coefficient (Wildman–Crippen LogP) is 2.42. The molecule has 0 amide bonds. The van der Waals surface area contributed by atoms with Gasteiger partial charge in [-0.15, -0.1) is 5.10 Å². The number of rotatable bonds is 7. The van der Waals surface area contributed by atoms with Crippen molar-refractivity contribution in [2.75, 3.05) is 0 Å². The molecule has 130 valence electrons. The third-order valence-electron chi connectivity index (χ3n) is 4.73. The van der Waals surface area contributed by atoms with Gasteiger partial charge in [-0.2, -0.15) is 5.10 Å². The quantitative estimate of drug-likeness (QED) is 0.775. The Labute approximate surface area is 147 Å². The van der Waals surface area contributed by atoms with Gasteiger partial charge in [0.1, 0.15) is 0 Å². The molecule has 2 aromatic heterocycles. The second-order valence-corrected chi connectivity index (χ2v) is 6.94. The van der Waals surface area contributed by atoms with Crippen molar-refractivity contribution in [2.24, 2.45) is 7.05 Å². The maximum atomic E-state index is 5.79. The molecule has 1 N–H and O–H groups in total. The van der Waals surface area contributed by atoms with E-state index in [1.54, 1.807) is 10.9 Å². The Balaban J connectivity index is 1.58. The van der Waals surface area contributed by atoms with Crippen LogP contribution in [0.1, 0.15) is 56.5 Å². The fourth-order valence-corrected chi connectivity index (χ4v) is 3.73. The Morgan fingerprint density at radius 1 is 1.38 bits per heavy atom. The number of thiocarbonyl (C=S) groups is 1. The molecule has 0 aromatic carbocycles. The number of tetrazole rings is 1. The molecule has 0 radical (unpaired) electrons. The molecular weight excluding hydrogens is 322 g/mol. The molecule has 2 heterocycles. The summed E-state index contributed by atoms with van der Waals surface area (Å²) in [4.78, 5) is 3.46. The zero-order valence-corrected chi connectivity index (χ0v) is 15.0. The third-order valence-corrected chi connectivity index (χ3v) is 5.17. The fourth-order valence-electron chi connectivity index (χ4n) is 3.37. The number of hydrogen-bond acceptors (Lipinski definition) is 5. The van der Waals surface area contributed by atoms with Gasteiger partial charge in [-0.1, -0.05) is 31.5 Å². The number of H-pyrrole nitrogens is 1. The molecule has 0 saturated heterocycles. The van der Waals surface area contributed by atoms with Crippen LogP contribution in [0.2, 0.25) is 0 Å². The Bertz CT molecular complexity index is 631. The zero-order valence-electron chi connectivity index (χ0n) is 14.2. The first-order valence-corrected chi connectivity index (χ1v) is 9.14. The summed E-state index contributed by atoms with van der Waals surface area (Å²) in [5.74, 6) is 0.913. The third kappa shape index (κ3) is 4.37. The second-order valence-electron chi connectivity index (χ2n) is 6.47. The van der Waals surface area contributed by atoms with Gasteiger partial charge in [0, 0.05) is 25.7 Å². The van der Waals surface area contributed by atoms with E-state index in [1.807, 2.05) is 13.1 Å². The largest absolute Gasteiger partial charge is 0.357 e. The second kappa shape index (κ2) is 8.32. The van der Waals surface area contributed by atoms with Crippen molar-refractivity contribution in [3.8, 4) is 0 Å². The molecule has 24 heavy (non-hydrogen) atoms. The van der Waals surface area contributed by atoms with Crippen LogP contribution in [0.15, 0.2) is 12.3 Å². The smallest absolute Gasteiger partial charge is 0.150 e. The Kier molecular flexibility index (Phi) is 5.90. The molecule has 8 heteroatoms. The fraction of sp³-hybridized carbons (Fsp3) is 0.688. The van der Waals surface area contributed by atoms with Crippen LogP contribution in [0.4, 0.5) is 0 Å². The minimum Gasteiger partial charge on any atom is -0.357 e. The molecular formula is C16H25N7S. The monoisotopic (exact) mass is 347 g/mol. The van der Waals surface area contributed by atoms with Gasteiger partial charge in [0.05, 0.1) is 17.2 Å². The van der Waals surface area contributed by atoms with E-state index < -0.39 is 0 Å². The summed E-state index contributed by atoms with van der Waals surface area (Å²) in [6, 6.07) is 2.59. The molecule has 0 bridgehead atoms. The molecule has 0 atom stereocenters. The van der Waals surface area contributed by atoms with Crippen LogP contribution in [0.5, 0.6) is 0 Å². The average Bonchev–Trinajstić information content (AvgIpc) is 3.25. The van der Waals surface area contributed by atoms with Crippen molar-refractivity contribution >= 4 is 17.2 Å². The van der Waals surface area contributed by atoms with Crippen molar-refractivity contribution in [1.82, 2.24) is 35.3 Å². The topological polar surface area (TPSA) is 75.5 Å². The van der Waals surface area contributed by atoms with Gasteiger partial charge in [-0.05, 0) is 42.2 Å². The number of aromatic nitrogens is 6. The highest BCUT2D eigenvalue weighted by atomic mass is 32.1. The van der Waals surface area contributed by atoms with Crippen molar-refractivity contribution < 1.29 is 0 Å². The summed E-state index contributed by atoms with van der Waals surface area (Å²) in [6.45, 7) is 0.828. The molecule has 3 rings (SSSR count). The van der Waals surface area contributed by atoms with E-state index in [9.17, 15) is 0 Å². The van der Waals surface area contributed by atoms with Gasteiger partial charge in [0.15, 0.2) is 5.82 Å². The van der Waals surface area contributed by atoms with Crippen LogP contribution < -0.4 is 0 Å². The lowest BCUT2D eigenvalue weighted by atomic mass is 9.93. The first-order chi connectivity index (χ1) is 11.7. The summed E-state index contributed by atoms with van der Waals surface area (Å²) >= 11 is 5.79. The summed E-state index contributed by atoms with van der Waals surface area (Å²) in [7, 11) is 1.88. The van der Waals surface area contributed by atoms with E-state index in [4.69, 9.17) is 12.2 Å². The molecule has 0 spiro atoms. The van der Waals surface area contributed by atoms with E-state index >= 15 is 0 Å². The van der Waals surface area contributed by atoms with Gasteiger partial charge < -0.3 is 4.90 Å². The Morgan fingerprint density at radius 2 is 2.21 bits per heavy atom. The van der Waals surface area contributed by atoms with E-state index in [2.05, 4.69) is 30.6 Å². The maximum absolute atomic E-state index is 5.79. The minimum atomic E-state index is 0.561. The summed E-state index contributed by atoms with van der Waals surface area (Å²) in [5.41, 5.74) is 1.13. The van der Waals surface area contributed by atoms with Gasteiger partial charge in [-0.3, -0.25) is 5.10 Å². The average molecular weight is 347 g/mol. The lowest BCUT2D eigenvalue weighted by Gasteiger charge is -2.36. The highest BCUT2D eigenvalue weighted by molar-refractivity contribution is 7.80. The molecule has 2 aromatic rings. The molecule has 0 aliphatic heterocycles. The first kappa shape index (κ1) is 17.0. The lowest BCUT2D eigenvalue weighted by Crippen LogP contribution is -2.40. The SMILES string of the molecule is Cn1nnnc1CCCC(=S)N(Cc1ccn[nH]1)C1CCCCC1. The number of hydrogen-bond donors (Lipinski definition) is 1. The van der Waals surface area contributed by atoms with Crippen molar-refractivity contribution in [2.45, 2.75) is 64.0 Å². The number of nitrogens with zero attached hydrogens (tertiary/aromatic N) is 6. The van der Waals surface area contributed by atoms with Crippen LogP contribution in [0.25, 0.3) is 0 Å². The zero-order chi connectivity index (χ0) is 16.8. The molecule has 0 unspecified atom stereocenters. The molecule has 7 nitrogen and oxygen atoms in total. The van der Waals surface area contributed by atoms with Crippen LogP contribution in [-0.2, 0) is 20.0 Å². The number of nitrogens with one attached hydrogen (secondary N) is 1. The lowest BCUT2D eigenvalue weighted by molar-refractivity contribution is 0.235. The minimum absolute atomic E-state index is 0.561. The van der Waals surface area contributed by atoms with Crippen LogP contribution in [0, 0.1) is 0 Å². The number of aromatic amines is 1. The highest BCUT2D eigenvalue weighted by Crippen LogP contribution is 2.25. The summed E-state index contributed by atoms with van der Waals surface area (Å²) in [6.07, 6.45) is 11.0. The van der Waals surface area contributed by atoms with Gasteiger partial charge in [0.2, 0.25) is 0 Å². The van der Waals surface area contributed by atoms with Crippen molar-refractivity contribution in [3.63, 3.8) is 0 Å². The van der Waals surface area contributed by atoms with E-state index in [1.165, 1.54) is 32.1 Å². The van der Waals surface area contributed by atoms with Crippen LogP contribution in [0.3, 0.4) is 0 Å². The van der Waals surface area contributed by atoms with Crippen molar-refractivity contribution in [1.29, 1.82) is 0 Å². The van der Waals surface area contributed by atoms with E-state index in [0.29, 0.717) is 6.04 Å². The van der Waals surface area contributed by atoms with Gasteiger partial charge in [0.25, 0.3) is 0 Å².